The third kappa shape index (κ3) is 3.46. The summed E-state index contributed by atoms with van der Waals surface area (Å²) in [6, 6.07) is 0. The molecule has 0 saturated carbocycles. The topological polar surface area (TPSA) is 90.9 Å². The van der Waals surface area contributed by atoms with Crippen molar-refractivity contribution in [2.24, 2.45) is 0 Å². The van der Waals surface area contributed by atoms with Gasteiger partial charge < -0.3 is 4.52 Å². The summed E-state index contributed by atoms with van der Waals surface area (Å²) in [7, 11) is -3.87. The van der Waals surface area contributed by atoms with Crippen molar-refractivity contribution in [3.63, 3.8) is 0 Å². The monoisotopic (exact) mass is 338 g/mol. The quantitative estimate of drug-likeness (QED) is 0.824. The molecule has 2 aromatic heterocycles. The van der Waals surface area contributed by atoms with Gasteiger partial charge in [0.25, 0.3) is 0 Å². The van der Waals surface area contributed by atoms with Crippen LogP contribution in [0.1, 0.15) is 29.6 Å². The molecule has 0 spiro atoms. The summed E-state index contributed by atoms with van der Waals surface area (Å²) < 4.78 is 68.0. The van der Waals surface area contributed by atoms with E-state index >= 15 is 0 Å². The maximum Gasteiger partial charge on any atom is 0.437 e. The molecule has 0 N–H and O–H groups in total. The predicted octanol–water partition coefficient (Wildman–Crippen LogP) is 1.73. The number of aryl methyl sites for hydroxylation is 2. The first-order valence-corrected chi connectivity index (χ1v) is 8.06. The van der Waals surface area contributed by atoms with Crippen molar-refractivity contribution in [2.45, 2.75) is 38.1 Å². The van der Waals surface area contributed by atoms with E-state index in [1.165, 1.54) is 4.68 Å². The largest absolute Gasteiger partial charge is 0.437 e. The Morgan fingerprint density at radius 1 is 1.32 bits per heavy atom. The summed E-state index contributed by atoms with van der Waals surface area (Å²) in [5, 5.41) is 10.4. The van der Waals surface area contributed by atoms with E-state index in [0.717, 1.165) is 0 Å². The van der Waals surface area contributed by atoms with Crippen LogP contribution in [0.4, 0.5) is 13.2 Å². The van der Waals surface area contributed by atoms with E-state index in [1.807, 2.05) is 0 Å². The van der Waals surface area contributed by atoms with Crippen LogP contribution in [0.2, 0.25) is 0 Å². The van der Waals surface area contributed by atoms with Crippen molar-refractivity contribution in [2.75, 3.05) is 0 Å². The number of alkyl halides is 3. The average molecular weight is 338 g/mol. The van der Waals surface area contributed by atoms with E-state index in [-0.39, 0.29) is 0 Å². The maximum atomic E-state index is 12.7. The molecule has 0 aliphatic heterocycles. The lowest BCUT2D eigenvalue weighted by molar-refractivity contribution is -0.143. The van der Waals surface area contributed by atoms with Crippen LogP contribution in [0.25, 0.3) is 0 Å². The van der Waals surface area contributed by atoms with Crippen LogP contribution in [0, 0.1) is 6.92 Å². The standard InChI is InChI=1S/C11H13F3N4O3S/c1-3-18-9(7(2)15-17-18)6-22(19,20)5-8-4-21-16-10(8)11(12,13)14/h4H,3,5-6H2,1-2H3. The molecular formula is C11H13F3N4O3S. The summed E-state index contributed by atoms with van der Waals surface area (Å²) in [6.07, 6.45) is -4.07. The minimum absolute atomic E-state index is 0.354. The summed E-state index contributed by atoms with van der Waals surface area (Å²) in [5.41, 5.74) is -1.06. The normalized spacial score (nSPS) is 12.8. The SMILES string of the molecule is CCn1nnc(C)c1CS(=O)(=O)Cc1conc1C(F)(F)F. The van der Waals surface area contributed by atoms with Gasteiger partial charge in [-0.3, -0.25) is 0 Å². The van der Waals surface area contributed by atoms with Gasteiger partial charge in [-0.15, -0.1) is 5.10 Å². The molecule has 0 amide bonds. The molecule has 22 heavy (non-hydrogen) atoms. The predicted molar refractivity (Wildman–Crippen MR) is 68.3 cm³/mol. The first-order valence-electron chi connectivity index (χ1n) is 6.24. The van der Waals surface area contributed by atoms with Crippen molar-refractivity contribution >= 4 is 9.84 Å². The van der Waals surface area contributed by atoms with Gasteiger partial charge in [0.05, 0.1) is 22.9 Å². The van der Waals surface area contributed by atoms with Gasteiger partial charge in [-0.25, -0.2) is 13.1 Å². The maximum absolute atomic E-state index is 12.7. The van der Waals surface area contributed by atoms with Crippen LogP contribution in [-0.4, -0.2) is 28.6 Å². The number of hydrogen-bond acceptors (Lipinski definition) is 6. The van der Waals surface area contributed by atoms with Crippen LogP contribution >= 0.6 is 0 Å². The molecule has 2 aromatic rings. The lowest BCUT2D eigenvalue weighted by Gasteiger charge is -2.07. The zero-order valence-corrected chi connectivity index (χ0v) is 12.6. The molecule has 11 heteroatoms. The van der Waals surface area contributed by atoms with Crippen LogP contribution in [0.15, 0.2) is 10.8 Å². The van der Waals surface area contributed by atoms with Gasteiger partial charge in [0.15, 0.2) is 15.5 Å². The van der Waals surface area contributed by atoms with Crippen molar-refractivity contribution in [3.8, 4) is 0 Å². The highest BCUT2D eigenvalue weighted by Gasteiger charge is 2.38. The fourth-order valence-electron chi connectivity index (χ4n) is 1.94. The Bertz CT molecular complexity index is 764. The van der Waals surface area contributed by atoms with Gasteiger partial charge >= 0.3 is 6.18 Å². The van der Waals surface area contributed by atoms with Crippen molar-refractivity contribution < 1.29 is 26.1 Å². The zero-order valence-electron chi connectivity index (χ0n) is 11.8. The molecule has 0 saturated heterocycles. The molecule has 122 valence electrons. The van der Waals surface area contributed by atoms with E-state index in [2.05, 4.69) is 20.0 Å². The number of nitrogens with zero attached hydrogens (tertiary/aromatic N) is 4. The van der Waals surface area contributed by atoms with E-state index in [4.69, 9.17) is 0 Å². The Morgan fingerprint density at radius 3 is 2.59 bits per heavy atom. The summed E-state index contributed by atoms with van der Waals surface area (Å²) in [4.78, 5) is 0. The molecule has 0 aromatic carbocycles. The molecule has 0 radical (unpaired) electrons. The number of aromatic nitrogens is 4. The molecule has 0 atom stereocenters. The highest BCUT2D eigenvalue weighted by Crippen LogP contribution is 2.31. The van der Waals surface area contributed by atoms with Crippen molar-refractivity contribution in [1.82, 2.24) is 20.2 Å². The molecule has 0 aliphatic carbocycles. The molecule has 0 fully saturated rings. The zero-order chi connectivity index (χ0) is 16.5. The molecule has 0 aliphatic rings. The second-order valence-electron chi connectivity index (χ2n) is 4.66. The van der Waals surface area contributed by atoms with Gasteiger partial charge in [0, 0.05) is 12.1 Å². The smallest absolute Gasteiger partial charge is 0.364 e. The number of rotatable bonds is 5. The Morgan fingerprint density at radius 2 is 2.00 bits per heavy atom. The van der Waals surface area contributed by atoms with Crippen molar-refractivity contribution in [1.29, 1.82) is 0 Å². The second-order valence-corrected chi connectivity index (χ2v) is 6.72. The Labute approximate surface area is 124 Å². The van der Waals surface area contributed by atoms with Gasteiger partial charge in [-0.2, -0.15) is 13.2 Å². The van der Waals surface area contributed by atoms with E-state index in [9.17, 15) is 21.6 Å². The van der Waals surface area contributed by atoms with Crippen LogP contribution in [0.5, 0.6) is 0 Å². The minimum atomic E-state index is -4.76. The molecule has 0 unspecified atom stereocenters. The Hall–Kier alpha value is -1.91. The van der Waals surface area contributed by atoms with E-state index in [0.29, 0.717) is 24.2 Å². The first-order chi connectivity index (χ1) is 10.1. The summed E-state index contributed by atoms with van der Waals surface area (Å²) >= 11 is 0. The van der Waals surface area contributed by atoms with Gasteiger partial charge in [0.1, 0.15) is 6.26 Å². The molecular weight excluding hydrogens is 325 g/mol. The first kappa shape index (κ1) is 16.5. The third-order valence-corrected chi connectivity index (χ3v) is 4.44. The Kier molecular flexibility index (Phi) is 4.27. The third-order valence-electron chi connectivity index (χ3n) is 2.98. The number of sulfone groups is 1. The summed E-state index contributed by atoms with van der Waals surface area (Å²) in [6.45, 7) is 3.75. The van der Waals surface area contributed by atoms with Crippen LogP contribution in [-0.2, 0) is 34.1 Å². The average Bonchev–Trinajstić information content (AvgIpc) is 2.96. The lowest BCUT2D eigenvalue weighted by Crippen LogP contribution is -2.15. The lowest BCUT2D eigenvalue weighted by atomic mass is 10.3. The highest BCUT2D eigenvalue weighted by molar-refractivity contribution is 7.89. The fraction of sp³-hybridized carbons (Fsp3) is 0.545. The van der Waals surface area contributed by atoms with Gasteiger partial charge in [-0.1, -0.05) is 10.4 Å². The molecule has 7 nitrogen and oxygen atoms in total. The number of halogens is 3. The van der Waals surface area contributed by atoms with Crippen LogP contribution < -0.4 is 0 Å². The number of hydrogen-bond donors (Lipinski definition) is 0. The molecule has 0 bridgehead atoms. The molecule has 2 rings (SSSR count). The van der Waals surface area contributed by atoms with Crippen LogP contribution in [0.3, 0.4) is 0 Å². The van der Waals surface area contributed by atoms with Crippen molar-refractivity contribution in [3.05, 3.63) is 28.9 Å². The second kappa shape index (κ2) is 5.71. The van der Waals surface area contributed by atoms with E-state index in [1.54, 1.807) is 13.8 Å². The van der Waals surface area contributed by atoms with Gasteiger partial charge in [0.2, 0.25) is 0 Å². The molecule has 2 heterocycles. The highest BCUT2D eigenvalue weighted by atomic mass is 32.2. The Balaban J connectivity index is 2.26. The summed E-state index contributed by atoms with van der Waals surface area (Å²) in [5.74, 6) is -1.28. The minimum Gasteiger partial charge on any atom is -0.364 e. The van der Waals surface area contributed by atoms with Gasteiger partial charge in [-0.05, 0) is 13.8 Å². The van der Waals surface area contributed by atoms with E-state index < -0.39 is 38.8 Å². The fourth-order valence-corrected chi connectivity index (χ4v) is 3.50.